The Morgan fingerprint density at radius 3 is 2.81 bits per heavy atom. The third-order valence-corrected chi connectivity index (χ3v) is 7.76. The van der Waals surface area contributed by atoms with Gasteiger partial charge in [0.1, 0.15) is 22.3 Å². The van der Waals surface area contributed by atoms with Crippen LogP contribution >= 0.6 is 22.7 Å². The first kappa shape index (κ1) is 19.5. The van der Waals surface area contributed by atoms with Gasteiger partial charge in [-0.25, -0.2) is 14.4 Å². The summed E-state index contributed by atoms with van der Waals surface area (Å²) in [5.74, 6) is -0.595. The highest BCUT2D eigenvalue weighted by Crippen LogP contribution is 2.47. The van der Waals surface area contributed by atoms with Crippen LogP contribution in [0.1, 0.15) is 16.3 Å². The number of aryl methyl sites for hydroxylation is 1. The summed E-state index contributed by atoms with van der Waals surface area (Å²) in [4.78, 5) is 11.2. The molecule has 0 radical (unpaired) electrons. The predicted octanol–water partition coefficient (Wildman–Crippen LogP) is 5.28. The predicted molar refractivity (Wildman–Crippen MR) is 126 cm³/mol. The van der Waals surface area contributed by atoms with Crippen LogP contribution in [0.3, 0.4) is 0 Å². The first-order chi connectivity index (χ1) is 15.6. The molecule has 0 atom stereocenters. The number of phenols is 1. The smallest absolute Gasteiger partial charge is 0.143 e. The van der Waals surface area contributed by atoms with E-state index in [0.29, 0.717) is 11.3 Å². The Morgan fingerprint density at radius 1 is 1.12 bits per heavy atom. The summed E-state index contributed by atoms with van der Waals surface area (Å²) in [7, 11) is 0. The average Bonchev–Trinajstić information content (AvgIpc) is 3.52. The molecule has 4 aromatic heterocycles. The Labute approximate surface area is 190 Å². The molecule has 32 heavy (non-hydrogen) atoms. The fourth-order valence-electron chi connectivity index (χ4n) is 4.18. The van der Waals surface area contributed by atoms with Crippen molar-refractivity contribution in [3.8, 4) is 38.8 Å². The van der Waals surface area contributed by atoms with Crippen LogP contribution in [0, 0.1) is 12.7 Å². The molecule has 160 valence electrons. The van der Waals surface area contributed by atoms with E-state index in [4.69, 9.17) is 9.97 Å². The molecule has 6 rings (SSSR count). The SMILES string of the molecule is Cc1n[nH]cc1-c1nc(-c2nc3c(s2)CNCC3)c(-c2ccc(F)cc2O)c2sccc12. The molecule has 1 aliphatic rings. The highest BCUT2D eigenvalue weighted by molar-refractivity contribution is 7.18. The van der Waals surface area contributed by atoms with Gasteiger partial charge in [-0.2, -0.15) is 5.10 Å². The molecule has 6 nitrogen and oxygen atoms in total. The van der Waals surface area contributed by atoms with Crippen molar-refractivity contribution in [2.24, 2.45) is 0 Å². The number of thiazole rings is 1. The number of phenolic OH excluding ortho intramolecular Hbond substituents is 1. The van der Waals surface area contributed by atoms with Crippen molar-refractivity contribution in [2.45, 2.75) is 19.9 Å². The second-order valence-electron chi connectivity index (χ2n) is 7.71. The van der Waals surface area contributed by atoms with Gasteiger partial charge in [-0.05, 0) is 30.5 Å². The van der Waals surface area contributed by atoms with Crippen LogP contribution in [0.25, 0.3) is 43.2 Å². The Hall–Kier alpha value is -3.14. The molecule has 9 heteroatoms. The number of aromatic amines is 1. The lowest BCUT2D eigenvalue weighted by atomic mass is 9.98. The first-order valence-corrected chi connectivity index (χ1v) is 11.9. The zero-order chi connectivity index (χ0) is 21.8. The minimum atomic E-state index is -0.482. The number of hydrogen-bond acceptors (Lipinski definition) is 7. The van der Waals surface area contributed by atoms with Gasteiger partial charge in [0.2, 0.25) is 0 Å². The molecule has 0 saturated carbocycles. The Balaban J connectivity index is 1.70. The van der Waals surface area contributed by atoms with Gasteiger partial charge in [-0.15, -0.1) is 22.7 Å². The van der Waals surface area contributed by atoms with Gasteiger partial charge in [-0.3, -0.25) is 5.10 Å². The van der Waals surface area contributed by atoms with E-state index in [0.717, 1.165) is 68.9 Å². The third kappa shape index (κ3) is 3.04. The molecule has 0 aliphatic carbocycles. The van der Waals surface area contributed by atoms with Crippen molar-refractivity contribution in [1.29, 1.82) is 0 Å². The summed E-state index contributed by atoms with van der Waals surface area (Å²) in [5.41, 5.74) is 5.70. The van der Waals surface area contributed by atoms with E-state index >= 15 is 0 Å². The van der Waals surface area contributed by atoms with E-state index in [1.54, 1.807) is 28.7 Å². The second kappa shape index (κ2) is 7.47. The van der Waals surface area contributed by atoms with Gasteiger partial charge >= 0.3 is 0 Å². The topological polar surface area (TPSA) is 86.7 Å². The van der Waals surface area contributed by atoms with Crippen molar-refractivity contribution < 1.29 is 9.50 Å². The minimum Gasteiger partial charge on any atom is -0.507 e. The number of aromatic hydroxyl groups is 1. The number of thiophene rings is 1. The third-order valence-electron chi connectivity index (χ3n) is 5.73. The van der Waals surface area contributed by atoms with Gasteiger partial charge in [0.05, 0.1) is 17.1 Å². The fourth-order valence-corrected chi connectivity index (χ4v) is 6.21. The lowest BCUT2D eigenvalue weighted by Crippen LogP contribution is -2.22. The average molecular weight is 464 g/mol. The number of fused-ring (bicyclic) bond motifs is 2. The number of halogens is 1. The molecule has 0 fully saturated rings. The number of pyridine rings is 1. The summed E-state index contributed by atoms with van der Waals surface area (Å²) in [6.07, 6.45) is 2.72. The molecular formula is C23H18FN5OS2. The van der Waals surface area contributed by atoms with Crippen molar-refractivity contribution >= 4 is 32.8 Å². The van der Waals surface area contributed by atoms with Crippen molar-refractivity contribution in [3.05, 3.63) is 57.9 Å². The zero-order valence-electron chi connectivity index (χ0n) is 17.1. The maximum absolute atomic E-state index is 13.8. The number of rotatable bonds is 3. The molecule has 3 N–H and O–H groups in total. The molecule has 0 unspecified atom stereocenters. The second-order valence-corrected chi connectivity index (χ2v) is 9.71. The lowest BCUT2D eigenvalue weighted by Gasteiger charge is -2.13. The van der Waals surface area contributed by atoms with Crippen LogP contribution in [0.5, 0.6) is 5.75 Å². The van der Waals surface area contributed by atoms with Crippen LogP contribution in [0.4, 0.5) is 4.39 Å². The van der Waals surface area contributed by atoms with Crippen LogP contribution in [-0.4, -0.2) is 31.8 Å². The maximum atomic E-state index is 13.8. The number of nitrogens with zero attached hydrogens (tertiary/aromatic N) is 3. The van der Waals surface area contributed by atoms with E-state index in [1.807, 2.05) is 24.6 Å². The molecule has 1 aromatic carbocycles. The number of H-pyrrole nitrogens is 1. The van der Waals surface area contributed by atoms with Crippen molar-refractivity contribution in [2.75, 3.05) is 6.54 Å². The largest absolute Gasteiger partial charge is 0.507 e. The van der Waals surface area contributed by atoms with Gasteiger partial charge < -0.3 is 10.4 Å². The minimum absolute atomic E-state index is 0.113. The van der Waals surface area contributed by atoms with Crippen molar-refractivity contribution in [1.82, 2.24) is 25.5 Å². The van der Waals surface area contributed by atoms with Gasteiger partial charge in [0.15, 0.2) is 0 Å². The highest BCUT2D eigenvalue weighted by atomic mass is 32.1. The molecule has 1 aliphatic heterocycles. The summed E-state index contributed by atoms with van der Waals surface area (Å²) in [6.45, 7) is 3.64. The fraction of sp³-hybridized carbons (Fsp3) is 0.174. The molecule has 5 heterocycles. The van der Waals surface area contributed by atoms with Crippen LogP contribution in [-0.2, 0) is 13.0 Å². The summed E-state index contributed by atoms with van der Waals surface area (Å²) >= 11 is 3.19. The van der Waals surface area contributed by atoms with Gasteiger partial charge in [-0.1, -0.05) is 0 Å². The summed E-state index contributed by atoms with van der Waals surface area (Å²) in [6, 6.07) is 6.15. The van der Waals surface area contributed by atoms with E-state index < -0.39 is 5.82 Å². The van der Waals surface area contributed by atoms with E-state index in [-0.39, 0.29) is 5.75 Å². The molecule has 0 amide bonds. The zero-order valence-corrected chi connectivity index (χ0v) is 18.7. The first-order valence-electron chi connectivity index (χ1n) is 10.2. The number of nitrogens with one attached hydrogen (secondary N) is 2. The number of aromatic nitrogens is 4. The van der Waals surface area contributed by atoms with Crippen LogP contribution < -0.4 is 5.32 Å². The van der Waals surface area contributed by atoms with E-state index in [9.17, 15) is 9.50 Å². The Morgan fingerprint density at radius 2 is 2.03 bits per heavy atom. The summed E-state index contributed by atoms with van der Waals surface area (Å²) < 4.78 is 14.8. The van der Waals surface area contributed by atoms with Crippen molar-refractivity contribution in [3.63, 3.8) is 0 Å². The molecule has 0 spiro atoms. The van der Waals surface area contributed by atoms with E-state index in [2.05, 4.69) is 15.5 Å². The lowest BCUT2D eigenvalue weighted by molar-refractivity contribution is 0.471. The Bertz CT molecular complexity index is 1460. The van der Waals surface area contributed by atoms with Crippen LogP contribution in [0.15, 0.2) is 35.8 Å². The maximum Gasteiger partial charge on any atom is 0.143 e. The highest BCUT2D eigenvalue weighted by Gasteiger charge is 2.25. The molecule has 0 saturated heterocycles. The Kier molecular flexibility index (Phi) is 4.56. The standard InChI is InChI=1S/C23H18FN5OS2/c1-11-15(9-26-29-11)20-14-5-7-31-22(14)19(13-3-2-12(24)8-17(13)30)21(28-20)23-27-16-4-6-25-10-18(16)32-23/h2-3,5,7-9,25,30H,4,6,10H2,1H3,(H,26,29). The quantitative estimate of drug-likeness (QED) is 0.339. The monoisotopic (exact) mass is 463 g/mol. The number of benzene rings is 1. The molecular weight excluding hydrogens is 445 g/mol. The number of hydrogen-bond donors (Lipinski definition) is 3. The van der Waals surface area contributed by atoms with Crippen LogP contribution in [0.2, 0.25) is 0 Å². The molecule has 5 aromatic rings. The van der Waals surface area contributed by atoms with Gasteiger partial charge in [0, 0.05) is 63.4 Å². The van der Waals surface area contributed by atoms with E-state index in [1.165, 1.54) is 10.9 Å². The molecule has 0 bridgehead atoms. The van der Waals surface area contributed by atoms with Gasteiger partial charge in [0.25, 0.3) is 0 Å². The summed E-state index contributed by atoms with van der Waals surface area (Å²) in [5, 5.41) is 25.0. The normalized spacial score (nSPS) is 13.6.